The molecule has 0 bridgehead atoms. The molecule has 0 atom stereocenters. The monoisotopic (exact) mass is 311 g/mol. The second-order valence-corrected chi connectivity index (χ2v) is 4.86. The maximum atomic E-state index is 11.8. The first-order valence-electron chi connectivity index (χ1n) is 5.46. The van der Waals surface area contributed by atoms with Gasteiger partial charge in [-0.2, -0.15) is 10.2 Å². The van der Waals surface area contributed by atoms with Crippen LogP contribution >= 0.6 is 15.9 Å². The Kier molecular flexibility index (Phi) is 3.51. The first-order chi connectivity index (χ1) is 8.47. The third kappa shape index (κ3) is 2.61. The molecule has 0 spiro atoms. The highest BCUT2D eigenvalue weighted by atomic mass is 79.9. The van der Waals surface area contributed by atoms with Crippen LogP contribution in [0.1, 0.15) is 11.4 Å². The van der Waals surface area contributed by atoms with E-state index in [4.69, 9.17) is 0 Å². The Labute approximate surface area is 113 Å². The molecule has 0 radical (unpaired) electrons. The molecule has 0 unspecified atom stereocenters. The van der Waals surface area contributed by atoms with Crippen LogP contribution in [0.2, 0.25) is 0 Å². The summed E-state index contributed by atoms with van der Waals surface area (Å²) < 4.78 is 4.24. The molecule has 0 aliphatic carbocycles. The van der Waals surface area contributed by atoms with Crippen molar-refractivity contribution in [3.63, 3.8) is 0 Å². The van der Waals surface area contributed by atoms with E-state index in [1.165, 1.54) is 0 Å². The Morgan fingerprint density at radius 3 is 2.67 bits per heavy atom. The fourth-order valence-corrected chi connectivity index (χ4v) is 1.91. The molecular weight excluding hydrogens is 298 g/mol. The number of aromatic nitrogens is 4. The molecule has 1 N–H and O–H groups in total. The van der Waals surface area contributed by atoms with Gasteiger partial charge in [0.1, 0.15) is 6.54 Å². The number of aryl methyl sites for hydroxylation is 2. The van der Waals surface area contributed by atoms with Gasteiger partial charge in [-0.05, 0) is 29.8 Å². The molecule has 0 fully saturated rings. The molecule has 0 aliphatic heterocycles. The van der Waals surface area contributed by atoms with Crippen molar-refractivity contribution in [2.24, 2.45) is 7.05 Å². The van der Waals surface area contributed by atoms with Crippen molar-refractivity contribution in [3.8, 4) is 0 Å². The van der Waals surface area contributed by atoms with Crippen LogP contribution in [0.5, 0.6) is 0 Å². The van der Waals surface area contributed by atoms with Crippen LogP contribution in [0, 0.1) is 13.8 Å². The van der Waals surface area contributed by atoms with E-state index in [0.717, 1.165) is 15.9 Å². The molecule has 0 saturated carbocycles. The molecule has 2 rings (SSSR count). The molecule has 18 heavy (non-hydrogen) atoms. The summed E-state index contributed by atoms with van der Waals surface area (Å²) in [7, 11) is 1.80. The molecule has 1 amide bonds. The highest BCUT2D eigenvalue weighted by Gasteiger charge is 2.12. The van der Waals surface area contributed by atoms with Crippen LogP contribution in [-0.4, -0.2) is 25.5 Å². The van der Waals surface area contributed by atoms with Crippen molar-refractivity contribution in [1.29, 1.82) is 0 Å². The largest absolute Gasteiger partial charge is 0.308 e. The number of amides is 1. The topological polar surface area (TPSA) is 64.7 Å². The van der Waals surface area contributed by atoms with Crippen molar-refractivity contribution in [3.05, 3.63) is 28.1 Å². The number of carbonyl (C=O) groups is 1. The lowest BCUT2D eigenvalue weighted by Crippen LogP contribution is -2.20. The van der Waals surface area contributed by atoms with E-state index in [0.29, 0.717) is 5.82 Å². The highest BCUT2D eigenvalue weighted by Crippen LogP contribution is 2.19. The Hall–Kier alpha value is -1.63. The van der Waals surface area contributed by atoms with E-state index in [9.17, 15) is 4.79 Å². The summed E-state index contributed by atoms with van der Waals surface area (Å²) in [5.41, 5.74) is 1.81. The first-order valence-corrected chi connectivity index (χ1v) is 6.25. The van der Waals surface area contributed by atoms with E-state index < -0.39 is 0 Å². The zero-order valence-electron chi connectivity index (χ0n) is 10.4. The predicted molar refractivity (Wildman–Crippen MR) is 71.2 cm³/mol. The molecule has 2 aromatic rings. The average Bonchev–Trinajstić information content (AvgIpc) is 2.80. The van der Waals surface area contributed by atoms with Gasteiger partial charge in [-0.3, -0.25) is 14.2 Å². The molecule has 0 aliphatic rings. The molecule has 0 aromatic carbocycles. The summed E-state index contributed by atoms with van der Waals surface area (Å²) in [6.45, 7) is 3.98. The standard InChI is InChI=1S/C11H14BrN5O/c1-7-11(12)8(2)17(14-7)6-10(18)13-9-4-5-16(3)15-9/h4-5H,6H2,1-3H3,(H,13,15,18). The number of hydrogen-bond donors (Lipinski definition) is 1. The summed E-state index contributed by atoms with van der Waals surface area (Å²) in [5.74, 6) is 0.398. The number of halogens is 1. The second-order valence-electron chi connectivity index (χ2n) is 4.07. The lowest BCUT2D eigenvalue weighted by molar-refractivity contribution is -0.117. The van der Waals surface area contributed by atoms with Crippen molar-refractivity contribution < 1.29 is 4.79 Å². The van der Waals surface area contributed by atoms with Crippen LogP contribution in [0.25, 0.3) is 0 Å². The summed E-state index contributed by atoms with van der Waals surface area (Å²) in [4.78, 5) is 11.8. The number of nitrogens with zero attached hydrogens (tertiary/aromatic N) is 4. The number of anilines is 1. The third-order valence-corrected chi connectivity index (χ3v) is 3.72. The maximum Gasteiger partial charge on any atom is 0.247 e. The van der Waals surface area contributed by atoms with Gasteiger partial charge in [-0.15, -0.1) is 0 Å². The molecular formula is C11H14BrN5O. The van der Waals surface area contributed by atoms with Gasteiger partial charge in [0.2, 0.25) is 5.91 Å². The molecule has 96 valence electrons. The third-order valence-electron chi connectivity index (χ3n) is 2.57. The van der Waals surface area contributed by atoms with E-state index in [-0.39, 0.29) is 12.5 Å². The lowest BCUT2D eigenvalue weighted by atomic mass is 10.4. The van der Waals surface area contributed by atoms with Crippen LogP contribution in [-0.2, 0) is 18.4 Å². The zero-order chi connectivity index (χ0) is 13.3. The van der Waals surface area contributed by atoms with E-state index in [1.54, 1.807) is 28.7 Å². The van der Waals surface area contributed by atoms with Crippen molar-refractivity contribution >= 4 is 27.7 Å². The van der Waals surface area contributed by atoms with Gasteiger partial charge in [0.05, 0.1) is 15.9 Å². The highest BCUT2D eigenvalue weighted by molar-refractivity contribution is 9.10. The minimum atomic E-state index is -0.146. The molecule has 2 heterocycles. The SMILES string of the molecule is Cc1nn(CC(=O)Nc2ccn(C)n2)c(C)c1Br. The van der Waals surface area contributed by atoms with Gasteiger partial charge in [0.15, 0.2) is 5.82 Å². The van der Waals surface area contributed by atoms with Gasteiger partial charge in [-0.1, -0.05) is 0 Å². The summed E-state index contributed by atoms with van der Waals surface area (Å²) in [6, 6.07) is 1.75. The van der Waals surface area contributed by atoms with Gasteiger partial charge < -0.3 is 5.32 Å². The van der Waals surface area contributed by atoms with Crippen LogP contribution in [0.15, 0.2) is 16.7 Å². The first kappa shape index (κ1) is 12.8. The number of carbonyl (C=O) groups excluding carboxylic acids is 1. The van der Waals surface area contributed by atoms with Crippen LogP contribution < -0.4 is 5.32 Å². The zero-order valence-corrected chi connectivity index (χ0v) is 12.0. The smallest absolute Gasteiger partial charge is 0.247 e. The summed E-state index contributed by atoms with van der Waals surface area (Å²) >= 11 is 3.43. The minimum absolute atomic E-state index is 0.146. The Bertz CT molecular complexity index is 586. The van der Waals surface area contributed by atoms with E-state index in [1.807, 2.05) is 13.8 Å². The van der Waals surface area contributed by atoms with Crippen LogP contribution in [0.3, 0.4) is 0 Å². The predicted octanol–water partition coefficient (Wildman–Crippen LogP) is 1.63. The molecule has 6 nitrogen and oxygen atoms in total. The number of nitrogens with one attached hydrogen (secondary N) is 1. The fourth-order valence-electron chi connectivity index (χ4n) is 1.63. The molecule has 0 saturated heterocycles. The Morgan fingerprint density at radius 2 is 2.17 bits per heavy atom. The maximum absolute atomic E-state index is 11.8. The van der Waals surface area contributed by atoms with Gasteiger partial charge in [-0.25, -0.2) is 0 Å². The number of rotatable bonds is 3. The van der Waals surface area contributed by atoms with Gasteiger partial charge in [0, 0.05) is 19.3 Å². The summed E-state index contributed by atoms with van der Waals surface area (Å²) in [5, 5.41) is 11.1. The Morgan fingerprint density at radius 1 is 1.44 bits per heavy atom. The van der Waals surface area contributed by atoms with E-state index in [2.05, 4.69) is 31.4 Å². The molecule has 7 heteroatoms. The van der Waals surface area contributed by atoms with Gasteiger partial charge in [0.25, 0.3) is 0 Å². The lowest BCUT2D eigenvalue weighted by Gasteiger charge is -2.04. The second kappa shape index (κ2) is 4.93. The van der Waals surface area contributed by atoms with Crippen LogP contribution in [0.4, 0.5) is 5.82 Å². The normalized spacial score (nSPS) is 10.7. The quantitative estimate of drug-likeness (QED) is 0.937. The average molecular weight is 312 g/mol. The van der Waals surface area contributed by atoms with Crippen molar-refractivity contribution in [2.75, 3.05) is 5.32 Å². The Balaban J connectivity index is 2.05. The number of hydrogen-bond acceptors (Lipinski definition) is 3. The summed E-state index contributed by atoms with van der Waals surface area (Å²) in [6.07, 6.45) is 1.77. The fraction of sp³-hybridized carbons (Fsp3) is 0.364. The van der Waals surface area contributed by atoms with Gasteiger partial charge >= 0.3 is 0 Å². The minimum Gasteiger partial charge on any atom is -0.308 e. The molecule has 2 aromatic heterocycles. The van der Waals surface area contributed by atoms with Crippen molar-refractivity contribution in [1.82, 2.24) is 19.6 Å². The van der Waals surface area contributed by atoms with Crippen molar-refractivity contribution in [2.45, 2.75) is 20.4 Å². The van der Waals surface area contributed by atoms with E-state index >= 15 is 0 Å².